The molecule has 0 fully saturated rings. The number of nitriles is 2. The Kier molecular flexibility index (Phi) is 9.42. The van der Waals surface area contributed by atoms with E-state index in [2.05, 4.69) is 247 Å². The van der Waals surface area contributed by atoms with Gasteiger partial charge in [-0.3, -0.25) is 0 Å². The largest absolute Gasteiger partial charge is 0.454 e. The first kappa shape index (κ1) is 46.5. The zero-order valence-corrected chi connectivity index (χ0v) is 46.4. The van der Waals surface area contributed by atoms with Gasteiger partial charge in [0.05, 0.1) is 71.6 Å². The monoisotopic (exact) mass is 1070 g/mol. The van der Waals surface area contributed by atoms with E-state index in [1.54, 1.807) is 11.3 Å². The highest BCUT2D eigenvalue weighted by atomic mass is 32.1. The van der Waals surface area contributed by atoms with Crippen LogP contribution in [0.15, 0.2) is 205 Å². The molecule has 8 heteroatoms. The number of rotatable bonds is 4. The van der Waals surface area contributed by atoms with Crippen LogP contribution in [0.25, 0.3) is 152 Å². The van der Waals surface area contributed by atoms with Crippen molar-refractivity contribution in [2.45, 2.75) is 40.0 Å². The average Bonchev–Trinajstić information content (AvgIpc) is 2.66. The number of fused-ring (bicyclic) bond motifs is 20. The van der Waals surface area contributed by atoms with E-state index in [1.807, 2.05) is 18.2 Å². The zero-order valence-electron chi connectivity index (χ0n) is 45.6. The summed E-state index contributed by atoms with van der Waals surface area (Å²) in [7, 11) is 0. The lowest BCUT2D eigenvalue weighted by atomic mass is 9.86. The lowest BCUT2D eigenvalue weighted by Crippen LogP contribution is -2.17. The standard InChI is InChI=1S/C74H48N6OS/c1-41-36-54-51-32-34-53-49-23-11-17-29-65(49)82-73(53)70(51)80(63(54)37-42(41)2)71-67(77-58-24-12-6-18-44(58)45-19-7-13-25-59(45)77)56(39-75)66(57(40-76)68(71)78-60-26-14-8-20-46(60)47-21-9-15-27-61(47)78)79-62-35-30-43(74(3,4)5)38-55(62)50-31-33-52-48-22-10-16-28-64(48)81-72(52)69(50)79/h6-38H,1-5H3. The Balaban J connectivity index is 1.22. The molecule has 0 N–H and O–H groups in total. The quantitative estimate of drug-likeness (QED) is 0.176. The predicted molar refractivity (Wildman–Crippen MR) is 342 cm³/mol. The highest BCUT2D eigenvalue weighted by Crippen LogP contribution is 2.52. The first-order valence-electron chi connectivity index (χ1n) is 27.9. The van der Waals surface area contributed by atoms with Crippen LogP contribution in [0.4, 0.5) is 0 Å². The summed E-state index contributed by atoms with van der Waals surface area (Å²) < 4.78 is 18.7. The van der Waals surface area contributed by atoms with Crippen LogP contribution in [0.5, 0.6) is 0 Å². The number of thiophene rings is 1. The van der Waals surface area contributed by atoms with E-state index in [0.29, 0.717) is 39.5 Å². The van der Waals surface area contributed by atoms with Crippen LogP contribution >= 0.6 is 11.3 Å². The van der Waals surface area contributed by atoms with Crippen molar-refractivity contribution in [3.8, 4) is 34.9 Å². The molecular weight excluding hydrogens is 1020 g/mol. The minimum absolute atomic E-state index is 0.185. The first-order valence-corrected chi connectivity index (χ1v) is 28.7. The van der Waals surface area contributed by atoms with Gasteiger partial charge < -0.3 is 22.7 Å². The van der Waals surface area contributed by atoms with Crippen LogP contribution in [0.1, 0.15) is 48.6 Å². The van der Waals surface area contributed by atoms with Crippen molar-refractivity contribution >= 4 is 141 Å². The molecule has 6 heterocycles. The molecule has 0 spiro atoms. The minimum Gasteiger partial charge on any atom is -0.454 e. The van der Waals surface area contributed by atoms with Gasteiger partial charge >= 0.3 is 0 Å². The molecule has 0 aliphatic rings. The van der Waals surface area contributed by atoms with Gasteiger partial charge in [-0.15, -0.1) is 11.3 Å². The average molecular weight is 1070 g/mol. The van der Waals surface area contributed by atoms with Crippen molar-refractivity contribution < 1.29 is 4.42 Å². The SMILES string of the molecule is Cc1cc2c3ccc4c5ccccc5sc4c3n(-c3c(-n4c5ccccc5c5ccccc54)c(C#N)c(-n4c5ccc(C(C)(C)C)cc5c5ccc6c7ccccc7oc6c54)c(C#N)c3-n3c4ccccc4c4ccccc43)c2cc1C. The Hall–Kier alpha value is -10.4. The van der Waals surface area contributed by atoms with Crippen LogP contribution in [0.3, 0.4) is 0 Å². The first-order chi connectivity index (χ1) is 40.1. The minimum atomic E-state index is -0.185. The molecule has 6 aromatic heterocycles. The second kappa shape index (κ2) is 16.6. The third-order valence-electron chi connectivity index (χ3n) is 17.7. The van der Waals surface area contributed by atoms with E-state index in [-0.39, 0.29) is 5.41 Å². The summed E-state index contributed by atoms with van der Waals surface area (Å²) in [6, 6.07) is 77.3. The Bertz CT molecular complexity index is 5550. The Morgan fingerprint density at radius 1 is 0.378 bits per heavy atom. The highest BCUT2D eigenvalue weighted by molar-refractivity contribution is 7.26. The van der Waals surface area contributed by atoms with Gasteiger partial charge in [0.15, 0.2) is 5.58 Å². The van der Waals surface area contributed by atoms with Gasteiger partial charge in [-0.05, 0) is 103 Å². The lowest BCUT2D eigenvalue weighted by molar-refractivity contribution is 0.591. The second-order valence-corrected chi connectivity index (χ2v) is 24.1. The van der Waals surface area contributed by atoms with E-state index in [4.69, 9.17) is 4.42 Å². The second-order valence-electron chi connectivity index (χ2n) is 23.1. The summed E-state index contributed by atoms with van der Waals surface area (Å²) >= 11 is 1.79. The molecule has 0 atom stereocenters. The number of aryl methyl sites for hydroxylation is 2. The van der Waals surface area contributed by atoms with Gasteiger partial charge in [-0.2, -0.15) is 10.5 Å². The molecule has 0 radical (unpaired) electrons. The zero-order chi connectivity index (χ0) is 55.0. The number of hydrogen-bond acceptors (Lipinski definition) is 4. The van der Waals surface area contributed by atoms with Crippen molar-refractivity contribution in [1.29, 1.82) is 10.5 Å². The molecule has 7 nitrogen and oxygen atoms in total. The topological polar surface area (TPSA) is 80.4 Å². The molecule has 0 unspecified atom stereocenters. The predicted octanol–water partition coefficient (Wildman–Crippen LogP) is 20.0. The van der Waals surface area contributed by atoms with Crippen molar-refractivity contribution in [1.82, 2.24) is 18.3 Å². The van der Waals surface area contributed by atoms with E-state index >= 15 is 0 Å². The van der Waals surface area contributed by atoms with Gasteiger partial charge in [0.2, 0.25) is 0 Å². The molecule has 82 heavy (non-hydrogen) atoms. The Labute approximate surface area is 474 Å². The van der Waals surface area contributed by atoms with Gasteiger partial charge in [-0.25, -0.2) is 0 Å². The van der Waals surface area contributed by atoms with Gasteiger partial charge in [0.25, 0.3) is 0 Å². The summed E-state index contributed by atoms with van der Waals surface area (Å²) in [4.78, 5) is 0. The molecule has 0 amide bonds. The summed E-state index contributed by atoms with van der Waals surface area (Å²) in [5, 5.41) is 38.4. The summed E-state index contributed by atoms with van der Waals surface area (Å²) in [5.74, 6) is 0. The molecule has 0 bridgehead atoms. The molecule has 17 rings (SSSR count). The maximum absolute atomic E-state index is 12.9. The number of para-hydroxylation sites is 5. The lowest BCUT2D eigenvalue weighted by Gasteiger charge is -2.27. The fourth-order valence-corrected chi connectivity index (χ4v) is 15.1. The van der Waals surface area contributed by atoms with Crippen molar-refractivity contribution in [3.63, 3.8) is 0 Å². The van der Waals surface area contributed by atoms with E-state index in [1.165, 1.54) is 21.2 Å². The number of aromatic nitrogens is 4. The van der Waals surface area contributed by atoms with Gasteiger partial charge in [0, 0.05) is 69.3 Å². The van der Waals surface area contributed by atoms with Crippen LogP contribution in [-0.2, 0) is 5.41 Å². The maximum atomic E-state index is 12.9. The molecule has 0 saturated carbocycles. The Morgan fingerprint density at radius 3 is 1.43 bits per heavy atom. The maximum Gasteiger partial charge on any atom is 0.160 e. The number of nitrogens with zero attached hydrogens (tertiary/aromatic N) is 6. The number of benzene rings is 11. The third kappa shape index (κ3) is 6.06. The highest BCUT2D eigenvalue weighted by Gasteiger charge is 2.36. The van der Waals surface area contributed by atoms with Crippen molar-refractivity contribution in [2.24, 2.45) is 0 Å². The molecule has 0 aliphatic heterocycles. The van der Waals surface area contributed by atoms with Crippen LogP contribution in [-0.4, -0.2) is 18.3 Å². The van der Waals surface area contributed by atoms with Crippen molar-refractivity contribution in [3.05, 3.63) is 228 Å². The molecule has 11 aromatic carbocycles. The normalized spacial score (nSPS) is 12.4. The van der Waals surface area contributed by atoms with E-state index in [0.717, 1.165) is 119 Å². The van der Waals surface area contributed by atoms with Crippen LogP contribution < -0.4 is 0 Å². The van der Waals surface area contributed by atoms with Crippen LogP contribution in [0.2, 0.25) is 0 Å². The fraction of sp³-hybridized carbons (Fsp3) is 0.0811. The summed E-state index contributed by atoms with van der Waals surface area (Å²) in [6.07, 6.45) is 0. The Morgan fingerprint density at radius 2 is 0.841 bits per heavy atom. The van der Waals surface area contributed by atoms with E-state index < -0.39 is 0 Å². The third-order valence-corrected chi connectivity index (χ3v) is 18.9. The molecule has 0 saturated heterocycles. The molecule has 386 valence electrons. The smallest absolute Gasteiger partial charge is 0.160 e. The fourth-order valence-electron chi connectivity index (χ4n) is 13.9. The van der Waals surface area contributed by atoms with Crippen LogP contribution in [0, 0.1) is 36.5 Å². The van der Waals surface area contributed by atoms with Crippen molar-refractivity contribution in [2.75, 3.05) is 0 Å². The van der Waals surface area contributed by atoms with E-state index in [9.17, 15) is 10.5 Å². The summed E-state index contributed by atoms with van der Waals surface area (Å²) in [6.45, 7) is 11.1. The summed E-state index contributed by atoms with van der Waals surface area (Å²) in [5.41, 5.74) is 15.3. The number of hydrogen-bond donors (Lipinski definition) is 0. The molecular formula is C74H48N6OS. The molecule has 0 aliphatic carbocycles. The number of furan rings is 1. The molecule has 17 aromatic rings. The van der Waals surface area contributed by atoms with Gasteiger partial charge in [0.1, 0.15) is 28.8 Å². The van der Waals surface area contributed by atoms with Gasteiger partial charge in [-0.1, -0.05) is 154 Å².